The lowest BCUT2D eigenvalue weighted by Gasteiger charge is -2.29. The molecule has 0 aromatic heterocycles. The number of ether oxygens (including phenoxy) is 2. The van der Waals surface area contributed by atoms with Gasteiger partial charge in [-0.05, 0) is 72.6 Å². The van der Waals surface area contributed by atoms with Crippen molar-refractivity contribution in [3.63, 3.8) is 0 Å². The van der Waals surface area contributed by atoms with Crippen molar-refractivity contribution in [1.82, 2.24) is 10.2 Å². The van der Waals surface area contributed by atoms with Crippen molar-refractivity contribution in [2.75, 3.05) is 32.8 Å². The van der Waals surface area contributed by atoms with Crippen molar-refractivity contribution in [2.24, 2.45) is 0 Å². The van der Waals surface area contributed by atoms with Gasteiger partial charge in [-0.25, -0.2) is 4.39 Å². The highest BCUT2D eigenvalue weighted by Gasteiger charge is 2.31. The number of rotatable bonds is 7. The summed E-state index contributed by atoms with van der Waals surface area (Å²) in [6.45, 7) is 2.45. The number of Topliss-reactive ketones (excluding diaryl/α,β-unsaturated/α-hetero) is 1. The van der Waals surface area contributed by atoms with Gasteiger partial charge in [0.15, 0.2) is 17.3 Å². The summed E-state index contributed by atoms with van der Waals surface area (Å²) in [5.74, 6) is -2.01. The molecule has 1 fully saturated rings. The topological polar surface area (TPSA) is 88.1 Å². The molecule has 1 saturated heterocycles. The molecule has 2 atom stereocenters. The normalized spacial score (nSPS) is 17.1. The highest BCUT2D eigenvalue weighted by molar-refractivity contribution is 6.43. The van der Waals surface area contributed by atoms with E-state index in [0.717, 1.165) is 36.7 Å². The largest absolute Gasteiger partial charge is 0.486 e. The molecule has 2 aliphatic heterocycles. The molecule has 7 nitrogen and oxygen atoms in total. The van der Waals surface area contributed by atoms with Crippen molar-refractivity contribution in [3.05, 3.63) is 70.5 Å². The molecule has 0 bridgehead atoms. The molecule has 2 aliphatic rings. The van der Waals surface area contributed by atoms with Gasteiger partial charge in [0.2, 0.25) is 5.78 Å². The first-order valence-electron chi connectivity index (χ1n) is 11.9. The van der Waals surface area contributed by atoms with Crippen LogP contribution < -0.4 is 14.8 Å². The van der Waals surface area contributed by atoms with Gasteiger partial charge in [0.1, 0.15) is 19.3 Å². The number of amides is 1. The highest BCUT2D eigenvalue weighted by atomic mass is 35.5. The molecule has 3 aromatic carbocycles. The Morgan fingerprint density at radius 1 is 1.03 bits per heavy atom. The van der Waals surface area contributed by atoms with Gasteiger partial charge in [0.25, 0.3) is 5.91 Å². The van der Waals surface area contributed by atoms with Crippen molar-refractivity contribution in [1.29, 1.82) is 0 Å². The van der Waals surface area contributed by atoms with E-state index in [4.69, 9.17) is 21.1 Å². The first-order valence-corrected chi connectivity index (χ1v) is 12.3. The van der Waals surface area contributed by atoms with E-state index in [2.05, 4.69) is 10.2 Å². The predicted octanol–water partition coefficient (Wildman–Crippen LogP) is 3.90. The monoisotopic (exact) mass is 512 g/mol. The maximum Gasteiger partial charge on any atom is 0.292 e. The van der Waals surface area contributed by atoms with E-state index in [0.29, 0.717) is 11.6 Å². The van der Waals surface area contributed by atoms with E-state index >= 15 is 0 Å². The molecular formula is C27H26ClFN2O5. The Balaban J connectivity index is 1.38. The van der Waals surface area contributed by atoms with E-state index in [-0.39, 0.29) is 35.8 Å². The number of nitrogens with one attached hydrogen (secondary N) is 1. The molecule has 2 N–H and O–H groups in total. The van der Waals surface area contributed by atoms with E-state index < -0.39 is 29.7 Å². The summed E-state index contributed by atoms with van der Waals surface area (Å²) in [5.41, 5.74) is 0.457. The molecule has 36 heavy (non-hydrogen) atoms. The van der Waals surface area contributed by atoms with Crippen LogP contribution in [0.2, 0.25) is 5.02 Å². The smallest absolute Gasteiger partial charge is 0.292 e. The molecule has 2 heterocycles. The lowest BCUT2D eigenvalue weighted by Crippen LogP contribution is -2.48. The van der Waals surface area contributed by atoms with E-state index in [9.17, 15) is 19.1 Å². The summed E-state index contributed by atoms with van der Waals surface area (Å²) in [5, 5.41) is 16.1. The van der Waals surface area contributed by atoms with E-state index in [1.807, 2.05) is 0 Å². The van der Waals surface area contributed by atoms with Gasteiger partial charge in [-0.1, -0.05) is 29.8 Å². The number of ketones is 1. The number of carbonyl (C=O) groups is 2. The average molecular weight is 513 g/mol. The third-order valence-corrected chi connectivity index (χ3v) is 6.82. The molecule has 0 saturated carbocycles. The second kappa shape index (κ2) is 10.4. The maximum absolute atomic E-state index is 14.6. The number of likely N-dealkylation sites (tertiary alicyclic amines) is 1. The van der Waals surface area contributed by atoms with Gasteiger partial charge in [-0.15, -0.1) is 0 Å². The molecule has 3 aromatic rings. The fraction of sp³-hybridized carbons (Fsp3) is 0.333. The number of aliphatic hydroxyl groups excluding tert-OH is 1. The van der Waals surface area contributed by atoms with Gasteiger partial charge in [-0.3, -0.25) is 9.59 Å². The summed E-state index contributed by atoms with van der Waals surface area (Å²) >= 11 is 6.03. The highest BCUT2D eigenvalue weighted by Crippen LogP contribution is 2.36. The van der Waals surface area contributed by atoms with Crippen molar-refractivity contribution < 1.29 is 28.6 Å². The zero-order valence-corrected chi connectivity index (χ0v) is 20.3. The lowest BCUT2D eigenvalue weighted by atomic mass is 9.99. The summed E-state index contributed by atoms with van der Waals surface area (Å²) < 4.78 is 25.5. The average Bonchev–Trinajstić information content (AvgIpc) is 3.40. The van der Waals surface area contributed by atoms with Crippen LogP contribution in [0.4, 0.5) is 4.39 Å². The molecule has 0 aliphatic carbocycles. The van der Waals surface area contributed by atoms with Crippen molar-refractivity contribution >= 4 is 34.1 Å². The summed E-state index contributed by atoms with van der Waals surface area (Å²) in [6, 6.07) is 12.1. The number of halogens is 2. The van der Waals surface area contributed by atoms with Crippen LogP contribution in [-0.4, -0.2) is 60.6 Å². The maximum atomic E-state index is 14.6. The second-order valence-corrected chi connectivity index (χ2v) is 9.53. The van der Waals surface area contributed by atoms with Crippen molar-refractivity contribution in [3.8, 4) is 11.5 Å². The van der Waals surface area contributed by atoms with E-state index in [1.54, 1.807) is 36.4 Å². The third kappa shape index (κ3) is 5.16. The van der Waals surface area contributed by atoms with E-state index in [1.165, 1.54) is 12.1 Å². The minimum Gasteiger partial charge on any atom is -0.486 e. The number of hydrogen-bond acceptors (Lipinski definition) is 6. The predicted molar refractivity (Wildman–Crippen MR) is 133 cm³/mol. The Morgan fingerprint density at radius 2 is 1.75 bits per heavy atom. The van der Waals surface area contributed by atoms with Gasteiger partial charge < -0.3 is 24.8 Å². The summed E-state index contributed by atoms with van der Waals surface area (Å²) in [4.78, 5) is 28.1. The Hall–Kier alpha value is -3.20. The minimum absolute atomic E-state index is 0.00472. The number of fused-ring (bicyclic) bond motifs is 2. The zero-order valence-electron chi connectivity index (χ0n) is 19.5. The zero-order chi connectivity index (χ0) is 25.2. The number of hydrogen-bond donors (Lipinski definition) is 2. The fourth-order valence-electron chi connectivity index (χ4n) is 4.72. The first kappa shape index (κ1) is 24.5. The standard InChI is InChI=1S/C27H26ClFN2O5/c28-20-6-5-16-11-18(4-3-17(16)12-20)25(33)27(34)30-22(15-31-7-1-2-8-31)24(32)19-13-21(29)26-23(14-19)35-9-10-36-26/h3-6,11-14,22,24,32H,1-2,7-10,15H2,(H,30,34). The SMILES string of the molecule is O=C(NC(CN1CCCC1)C(O)c1cc(F)c2c(c1)OCCO2)C(=O)c1ccc2cc(Cl)ccc2c1. The summed E-state index contributed by atoms with van der Waals surface area (Å²) in [6.07, 6.45) is 0.747. The van der Waals surface area contributed by atoms with Crippen molar-refractivity contribution in [2.45, 2.75) is 25.0 Å². The number of aliphatic hydroxyl groups is 1. The molecule has 0 spiro atoms. The second-order valence-electron chi connectivity index (χ2n) is 9.09. The van der Waals surface area contributed by atoms with Crippen LogP contribution in [0, 0.1) is 5.82 Å². The van der Waals surface area contributed by atoms with Gasteiger partial charge in [0.05, 0.1) is 6.04 Å². The minimum atomic E-state index is -1.27. The van der Waals surface area contributed by atoms with Crippen LogP contribution in [0.25, 0.3) is 10.8 Å². The number of benzene rings is 3. The van der Waals surface area contributed by atoms with Crippen LogP contribution in [0.3, 0.4) is 0 Å². The van der Waals surface area contributed by atoms with Crippen LogP contribution in [0.15, 0.2) is 48.5 Å². The van der Waals surface area contributed by atoms with Gasteiger partial charge in [-0.2, -0.15) is 0 Å². The van der Waals surface area contributed by atoms with Crippen LogP contribution in [0.5, 0.6) is 11.5 Å². The van der Waals surface area contributed by atoms with Gasteiger partial charge >= 0.3 is 0 Å². The Labute approximate surface area is 212 Å². The molecule has 1 amide bonds. The number of carbonyl (C=O) groups excluding carboxylic acids is 2. The van der Waals surface area contributed by atoms with Crippen LogP contribution in [-0.2, 0) is 4.79 Å². The lowest BCUT2D eigenvalue weighted by molar-refractivity contribution is -0.118. The third-order valence-electron chi connectivity index (χ3n) is 6.58. The molecule has 188 valence electrons. The Bertz CT molecular complexity index is 1310. The summed E-state index contributed by atoms with van der Waals surface area (Å²) in [7, 11) is 0. The molecule has 2 unspecified atom stereocenters. The van der Waals surface area contributed by atoms with Crippen LogP contribution in [0.1, 0.15) is 34.9 Å². The Morgan fingerprint density at radius 3 is 2.56 bits per heavy atom. The molecule has 0 radical (unpaired) electrons. The number of nitrogens with zero attached hydrogens (tertiary/aromatic N) is 1. The molecule has 9 heteroatoms. The molecular weight excluding hydrogens is 487 g/mol. The molecule has 5 rings (SSSR count). The Kier molecular flexibility index (Phi) is 7.09. The van der Waals surface area contributed by atoms with Gasteiger partial charge in [0, 0.05) is 17.1 Å². The fourth-order valence-corrected chi connectivity index (χ4v) is 4.91. The van der Waals surface area contributed by atoms with Crippen LogP contribution >= 0.6 is 11.6 Å². The quantitative estimate of drug-likeness (QED) is 0.369. The first-order chi connectivity index (χ1) is 17.4.